The third-order valence-electron chi connectivity index (χ3n) is 7.83. The highest BCUT2D eigenvalue weighted by atomic mass is 16.4. The lowest BCUT2D eigenvalue weighted by Crippen LogP contribution is -2.55. The molecule has 3 aromatic carbocycles. The lowest BCUT2D eigenvalue weighted by Gasteiger charge is -2.45. The topological polar surface area (TPSA) is 86.7 Å². The fourth-order valence-corrected chi connectivity index (χ4v) is 5.54. The van der Waals surface area contributed by atoms with Gasteiger partial charge < -0.3 is 15.3 Å². The van der Waals surface area contributed by atoms with Crippen LogP contribution in [0.1, 0.15) is 71.9 Å². The zero-order valence-corrected chi connectivity index (χ0v) is 23.4. The van der Waals surface area contributed by atoms with E-state index in [1.165, 1.54) is 11.1 Å². The molecule has 1 fully saturated rings. The van der Waals surface area contributed by atoms with Crippen LogP contribution in [0.4, 0.5) is 0 Å². The largest absolute Gasteiger partial charge is 0.478 e. The fraction of sp³-hybridized carbons (Fsp3) is 0.364. The summed E-state index contributed by atoms with van der Waals surface area (Å²) in [4.78, 5) is 40.1. The summed E-state index contributed by atoms with van der Waals surface area (Å²) < 4.78 is 0. The van der Waals surface area contributed by atoms with Gasteiger partial charge in [-0.2, -0.15) is 0 Å². The average molecular weight is 527 g/mol. The van der Waals surface area contributed by atoms with Gasteiger partial charge in [0.1, 0.15) is 6.04 Å². The van der Waals surface area contributed by atoms with Crippen LogP contribution in [-0.4, -0.2) is 46.9 Å². The van der Waals surface area contributed by atoms with Gasteiger partial charge in [-0.05, 0) is 71.6 Å². The van der Waals surface area contributed by atoms with Gasteiger partial charge in [0.15, 0.2) is 0 Å². The number of likely N-dealkylation sites (tertiary alicyclic amines) is 1. The Morgan fingerprint density at radius 3 is 2.18 bits per heavy atom. The number of hydrogen-bond donors (Lipinski definition) is 2. The Balaban J connectivity index is 1.47. The van der Waals surface area contributed by atoms with Crippen LogP contribution in [0.2, 0.25) is 0 Å². The Kier molecular flexibility index (Phi) is 8.24. The molecule has 0 aromatic heterocycles. The number of carboxylic acid groups (broad SMARTS) is 1. The minimum Gasteiger partial charge on any atom is -0.478 e. The molecular weight excluding hydrogens is 488 g/mol. The number of hydrogen-bond acceptors (Lipinski definition) is 3. The maximum atomic E-state index is 13.7. The third kappa shape index (κ3) is 6.39. The van der Waals surface area contributed by atoms with Crippen LogP contribution < -0.4 is 5.32 Å². The van der Waals surface area contributed by atoms with Crippen molar-refractivity contribution >= 4 is 17.8 Å². The molecule has 1 heterocycles. The molecule has 1 aliphatic heterocycles. The summed E-state index contributed by atoms with van der Waals surface area (Å²) in [5.41, 5.74) is 4.71. The predicted octanol–water partition coefficient (Wildman–Crippen LogP) is 6.16. The van der Waals surface area contributed by atoms with Crippen LogP contribution in [0.15, 0.2) is 72.8 Å². The summed E-state index contributed by atoms with van der Waals surface area (Å²) in [6.45, 7) is 11.7. The second-order valence-corrected chi connectivity index (χ2v) is 11.7. The Bertz CT molecular complexity index is 1340. The van der Waals surface area contributed by atoms with Gasteiger partial charge in [0.25, 0.3) is 5.91 Å². The van der Waals surface area contributed by atoms with Crippen molar-refractivity contribution in [1.29, 1.82) is 0 Å². The quantitative estimate of drug-likeness (QED) is 0.386. The summed E-state index contributed by atoms with van der Waals surface area (Å²) in [6.07, 6.45) is 0.878. The molecule has 3 aromatic rings. The molecule has 2 amide bonds. The number of aromatic carboxylic acids is 1. The van der Waals surface area contributed by atoms with Crippen molar-refractivity contribution in [3.63, 3.8) is 0 Å². The molecule has 1 saturated heterocycles. The number of aryl methyl sites for hydroxylation is 1. The first-order valence-corrected chi connectivity index (χ1v) is 13.6. The molecular formula is C33H38N2O4. The Morgan fingerprint density at radius 1 is 0.923 bits per heavy atom. The van der Waals surface area contributed by atoms with E-state index >= 15 is 0 Å². The average Bonchev–Trinajstić information content (AvgIpc) is 2.91. The first-order chi connectivity index (χ1) is 18.5. The van der Waals surface area contributed by atoms with Crippen molar-refractivity contribution in [3.05, 3.63) is 95.1 Å². The molecule has 1 aliphatic rings. The number of carboxylic acids is 1. The van der Waals surface area contributed by atoms with E-state index in [0.717, 1.165) is 17.5 Å². The first-order valence-electron chi connectivity index (χ1n) is 13.6. The molecule has 0 radical (unpaired) electrons. The van der Waals surface area contributed by atoms with Crippen molar-refractivity contribution in [2.75, 3.05) is 13.1 Å². The van der Waals surface area contributed by atoms with E-state index in [9.17, 15) is 14.4 Å². The van der Waals surface area contributed by atoms with Crippen molar-refractivity contribution in [2.24, 2.45) is 11.3 Å². The van der Waals surface area contributed by atoms with Gasteiger partial charge >= 0.3 is 5.97 Å². The van der Waals surface area contributed by atoms with E-state index in [1.54, 1.807) is 42.5 Å². The van der Waals surface area contributed by atoms with E-state index in [-0.39, 0.29) is 28.7 Å². The standard InChI is InChI=1S/C33H38N2O4/c1-21(2)29(31(37)35-18-17-28(33(4,5)20-35)24-11-9-22(3)10-12-24)34-30(36)27-8-6-7-26(19-27)23-13-15-25(16-14-23)32(38)39/h6-16,19,21,28-29H,17-18,20H2,1-5H3,(H,34,36)(H,38,39)/t28?,29-/m1/s1. The molecule has 0 aliphatic carbocycles. The van der Waals surface area contributed by atoms with Gasteiger partial charge in [-0.3, -0.25) is 9.59 Å². The Labute approximate surface area is 231 Å². The van der Waals surface area contributed by atoms with E-state index in [1.807, 2.05) is 24.8 Å². The molecule has 0 bridgehead atoms. The summed E-state index contributed by atoms with van der Waals surface area (Å²) in [7, 11) is 0. The Hall–Kier alpha value is -3.93. The third-order valence-corrected chi connectivity index (χ3v) is 7.83. The maximum Gasteiger partial charge on any atom is 0.335 e. The lowest BCUT2D eigenvalue weighted by atomic mass is 9.70. The normalized spacial score (nSPS) is 17.5. The van der Waals surface area contributed by atoms with E-state index < -0.39 is 12.0 Å². The van der Waals surface area contributed by atoms with Gasteiger partial charge in [-0.1, -0.05) is 81.8 Å². The van der Waals surface area contributed by atoms with Crippen LogP contribution >= 0.6 is 0 Å². The van der Waals surface area contributed by atoms with Crippen molar-refractivity contribution in [2.45, 2.75) is 53.0 Å². The van der Waals surface area contributed by atoms with Crippen LogP contribution in [0.5, 0.6) is 0 Å². The number of carbonyl (C=O) groups is 3. The summed E-state index contributed by atoms with van der Waals surface area (Å²) in [6, 6.07) is 21.7. The van der Waals surface area contributed by atoms with Gasteiger partial charge in [-0.15, -0.1) is 0 Å². The van der Waals surface area contributed by atoms with Gasteiger partial charge in [0, 0.05) is 18.7 Å². The van der Waals surface area contributed by atoms with Gasteiger partial charge in [-0.25, -0.2) is 4.79 Å². The monoisotopic (exact) mass is 526 g/mol. The smallest absolute Gasteiger partial charge is 0.335 e. The summed E-state index contributed by atoms with van der Waals surface area (Å²) in [5.74, 6) is -1.05. The van der Waals surface area contributed by atoms with Crippen LogP contribution in [0.3, 0.4) is 0 Å². The molecule has 2 atom stereocenters. The zero-order valence-electron chi connectivity index (χ0n) is 23.4. The number of nitrogens with one attached hydrogen (secondary N) is 1. The van der Waals surface area contributed by atoms with Crippen LogP contribution in [0.25, 0.3) is 11.1 Å². The molecule has 204 valence electrons. The van der Waals surface area contributed by atoms with Gasteiger partial charge in [0.2, 0.25) is 5.91 Å². The zero-order chi connectivity index (χ0) is 28.3. The molecule has 2 N–H and O–H groups in total. The van der Waals surface area contributed by atoms with E-state index in [0.29, 0.717) is 24.6 Å². The molecule has 1 unspecified atom stereocenters. The minimum atomic E-state index is -0.984. The Morgan fingerprint density at radius 2 is 1.59 bits per heavy atom. The first kappa shape index (κ1) is 28.1. The highest BCUT2D eigenvalue weighted by molar-refractivity contribution is 5.98. The summed E-state index contributed by atoms with van der Waals surface area (Å²) >= 11 is 0. The highest BCUT2D eigenvalue weighted by Gasteiger charge is 2.40. The summed E-state index contributed by atoms with van der Waals surface area (Å²) in [5, 5.41) is 12.2. The number of carbonyl (C=O) groups excluding carboxylic acids is 2. The van der Waals surface area contributed by atoms with Crippen LogP contribution in [-0.2, 0) is 4.79 Å². The number of piperidine rings is 1. The van der Waals surface area contributed by atoms with Crippen molar-refractivity contribution < 1.29 is 19.5 Å². The predicted molar refractivity (Wildman–Crippen MR) is 154 cm³/mol. The molecule has 39 heavy (non-hydrogen) atoms. The second-order valence-electron chi connectivity index (χ2n) is 11.7. The van der Waals surface area contributed by atoms with Crippen molar-refractivity contribution in [3.8, 4) is 11.1 Å². The minimum absolute atomic E-state index is 0.0470. The lowest BCUT2D eigenvalue weighted by molar-refractivity contribution is -0.137. The number of benzene rings is 3. The SMILES string of the molecule is Cc1ccc(C2CCN(C(=O)[C@H](NC(=O)c3cccc(-c4ccc(C(=O)O)cc4)c3)C(C)C)CC2(C)C)cc1. The fourth-order valence-electron chi connectivity index (χ4n) is 5.54. The number of nitrogens with zero attached hydrogens (tertiary/aromatic N) is 1. The van der Waals surface area contributed by atoms with Crippen molar-refractivity contribution in [1.82, 2.24) is 10.2 Å². The molecule has 6 nitrogen and oxygen atoms in total. The number of rotatable bonds is 7. The molecule has 0 spiro atoms. The molecule has 6 heteroatoms. The maximum absolute atomic E-state index is 13.7. The van der Waals surface area contributed by atoms with E-state index in [2.05, 4.69) is 50.4 Å². The molecule has 4 rings (SSSR count). The van der Waals surface area contributed by atoms with E-state index in [4.69, 9.17) is 5.11 Å². The second kappa shape index (κ2) is 11.4. The highest BCUT2D eigenvalue weighted by Crippen LogP contribution is 2.42. The molecule has 0 saturated carbocycles. The van der Waals surface area contributed by atoms with Crippen LogP contribution in [0, 0.1) is 18.3 Å². The van der Waals surface area contributed by atoms with Gasteiger partial charge in [0.05, 0.1) is 5.56 Å². The number of amides is 2.